The van der Waals surface area contributed by atoms with Gasteiger partial charge in [0.05, 0.1) is 0 Å². The van der Waals surface area contributed by atoms with Gasteiger partial charge < -0.3 is 0 Å². The van der Waals surface area contributed by atoms with Gasteiger partial charge >= 0.3 is 46.2 Å². The molecule has 6 heteroatoms. The topological polar surface area (TPSA) is 65.5 Å². The van der Waals surface area contributed by atoms with Crippen molar-refractivity contribution in [3.8, 4) is 0 Å². The Bertz CT molecular complexity index is 45.5. The van der Waals surface area contributed by atoms with Gasteiger partial charge in [0.1, 0.15) is 0 Å². The van der Waals surface area contributed by atoms with Gasteiger partial charge in [0, 0.05) is 0 Å². The first-order valence-electron chi connectivity index (χ1n) is 1.02. The summed E-state index contributed by atoms with van der Waals surface area (Å²) in [5.74, 6) is 0. The van der Waals surface area contributed by atoms with Crippen LogP contribution >= 0.6 is 8.17 Å². The van der Waals surface area contributed by atoms with Crippen molar-refractivity contribution in [2.75, 3.05) is 0 Å². The Morgan fingerprint density at radius 1 is 1.17 bits per heavy atom. The van der Waals surface area contributed by atoms with Crippen molar-refractivity contribution in [2.24, 2.45) is 0 Å². The van der Waals surface area contributed by atoms with Crippen molar-refractivity contribution in [3.63, 3.8) is 0 Å². The normalized spacial score (nSPS) is 30.3. The fourth-order valence-corrected chi connectivity index (χ4v) is 0.335. The Hall–Kier alpha value is 0.867. The maximum absolute atomic E-state index is 7.88. The standard InChI is InChI=1S/Li.H3O4P.H/c;1-5(2)3-4-5;/h;1-2,5H;. The van der Waals surface area contributed by atoms with Crippen molar-refractivity contribution in [2.45, 2.75) is 0 Å². The minimum absolute atomic E-state index is 0. The summed E-state index contributed by atoms with van der Waals surface area (Å²) < 4.78 is 7.29. The second kappa shape index (κ2) is 1.77. The van der Waals surface area contributed by atoms with Crippen LogP contribution < -0.4 is 0 Å². The molecule has 0 saturated carbocycles. The van der Waals surface area contributed by atoms with Crippen molar-refractivity contribution in [1.82, 2.24) is 0 Å². The van der Waals surface area contributed by atoms with E-state index in [-0.39, 0.29) is 18.9 Å². The molecule has 0 aromatic rings. The Morgan fingerprint density at radius 2 is 1.33 bits per heavy atom. The quantitative estimate of drug-likeness (QED) is 0.174. The molecule has 2 N–H and O–H groups in total. The summed E-state index contributed by atoms with van der Waals surface area (Å²) in [6, 6.07) is 0. The molecule has 0 bridgehead atoms. The van der Waals surface area contributed by atoms with E-state index >= 15 is 0 Å². The predicted octanol–water partition coefficient (Wildman–Crippen LogP) is -1.31. The molecular formula is H4LiO4P. The zero-order chi connectivity index (χ0) is 3.91. The molecule has 0 radical (unpaired) electrons. The average molecular weight is 106 g/mol. The average Bonchev–Trinajstić information content (AvgIpc) is 1.76. The molecule has 6 heavy (non-hydrogen) atoms. The molecule has 1 fully saturated rings. The van der Waals surface area contributed by atoms with Crippen molar-refractivity contribution in [1.29, 1.82) is 0 Å². The second-order valence-corrected chi connectivity index (χ2v) is 2.15. The van der Waals surface area contributed by atoms with Crippen LogP contribution in [0.3, 0.4) is 0 Å². The van der Waals surface area contributed by atoms with Crippen LogP contribution in [-0.4, -0.2) is 28.6 Å². The molecule has 0 aromatic carbocycles. The summed E-state index contributed by atoms with van der Waals surface area (Å²) in [5, 5.41) is 0. The Kier molecular flexibility index (Phi) is 2.02. The fraction of sp³-hybridized carbons (Fsp3) is 0. The first kappa shape index (κ1) is 6.87. The minimum atomic E-state index is -3.36. The van der Waals surface area contributed by atoms with Gasteiger partial charge in [-0.3, -0.25) is 0 Å². The summed E-state index contributed by atoms with van der Waals surface area (Å²) in [4.78, 5) is 15.8. The van der Waals surface area contributed by atoms with E-state index < -0.39 is 8.17 Å². The van der Waals surface area contributed by atoms with Gasteiger partial charge in [0.15, 0.2) is 0 Å². The van der Waals surface area contributed by atoms with E-state index in [1.807, 2.05) is 0 Å². The Morgan fingerprint density at radius 3 is 1.33 bits per heavy atom. The van der Waals surface area contributed by atoms with E-state index in [9.17, 15) is 0 Å². The van der Waals surface area contributed by atoms with E-state index in [0.29, 0.717) is 0 Å². The molecule has 34 valence electrons. The summed E-state index contributed by atoms with van der Waals surface area (Å²) in [6.07, 6.45) is 0. The van der Waals surface area contributed by atoms with Crippen molar-refractivity contribution < 1.29 is 19.1 Å². The molecular weight excluding hydrogens is 102 g/mol. The Balaban J connectivity index is 0.000000250. The summed E-state index contributed by atoms with van der Waals surface area (Å²) >= 11 is 0. The van der Waals surface area contributed by atoms with Crippen LogP contribution in [0.4, 0.5) is 0 Å². The first-order valence-corrected chi connectivity index (χ1v) is 2.73. The van der Waals surface area contributed by atoms with Crippen LogP contribution in [0, 0.1) is 0 Å². The molecule has 1 saturated heterocycles. The molecule has 0 spiro atoms. The molecule has 0 aromatic heterocycles. The van der Waals surface area contributed by atoms with Gasteiger partial charge in [-0.15, -0.1) is 0 Å². The van der Waals surface area contributed by atoms with E-state index in [1.54, 1.807) is 0 Å². The predicted molar refractivity (Wildman–Crippen MR) is 22.1 cm³/mol. The van der Waals surface area contributed by atoms with Crippen LogP contribution in [0.25, 0.3) is 0 Å². The number of hydrogen-bond donors (Lipinski definition) is 2. The van der Waals surface area contributed by atoms with Crippen LogP contribution in [0.1, 0.15) is 0 Å². The molecule has 0 atom stereocenters. The van der Waals surface area contributed by atoms with E-state index in [0.717, 1.165) is 0 Å². The van der Waals surface area contributed by atoms with Crippen LogP contribution in [-0.2, 0) is 9.35 Å². The Labute approximate surface area is 46.8 Å². The molecule has 0 unspecified atom stereocenters. The van der Waals surface area contributed by atoms with Crippen LogP contribution in [0.5, 0.6) is 0 Å². The zero-order valence-electron chi connectivity index (χ0n) is 2.21. The first-order chi connectivity index (χ1) is 2.21. The van der Waals surface area contributed by atoms with Crippen molar-refractivity contribution >= 4 is 27.0 Å². The van der Waals surface area contributed by atoms with Gasteiger partial charge in [-0.05, 0) is 0 Å². The summed E-state index contributed by atoms with van der Waals surface area (Å²) in [6.45, 7) is 0. The number of hydrogen-bond acceptors (Lipinski definition) is 4. The maximum atomic E-state index is 7.88. The summed E-state index contributed by atoms with van der Waals surface area (Å²) in [7, 11) is -3.36. The molecule has 0 aliphatic carbocycles. The molecule has 1 aliphatic rings. The van der Waals surface area contributed by atoms with Gasteiger partial charge in [-0.1, -0.05) is 0 Å². The zero-order valence-corrected chi connectivity index (χ0v) is 3.21. The third kappa shape index (κ3) is 2.11. The van der Waals surface area contributed by atoms with E-state index in [2.05, 4.69) is 9.35 Å². The molecule has 4 nitrogen and oxygen atoms in total. The SMILES string of the molecule is O[PH]1(O)OO1.[LiH]. The third-order valence-electron chi connectivity index (χ3n) is 0.232. The second-order valence-electron chi connectivity index (χ2n) is 0.715. The van der Waals surface area contributed by atoms with Crippen LogP contribution in [0.2, 0.25) is 0 Å². The van der Waals surface area contributed by atoms with E-state index in [4.69, 9.17) is 9.79 Å². The van der Waals surface area contributed by atoms with Gasteiger partial charge in [-0.2, -0.15) is 0 Å². The van der Waals surface area contributed by atoms with Crippen LogP contribution in [0.15, 0.2) is 0 Å². The third-order valence-corrected chi connectivity index (χ3v) is 0.697. The van der Waals surface area contributed by atoms with Gasteiger partial charge in [-0.25, -0.2) is 0 Å². The van der Waals surface area contributed by atoms with Gasteiger partial charge in [0.25, 0.3) is 0 Å². The van der Waals surface area contributed by atoms with Gasteiger partial charge in [0.2, 0.25) is 0 Å². The van der Waals surface area contributed by atoms with Crippen molar-refractivity contribution in [3.05, 3.63) is 0 Å². The molecule has 1 aliphatic heterocycles. The van der Waals surface area contributed by atoms with E-state index in [1.165, 1.54) is 0 Å². The fourth-order valence-electron chi connectivity index (χ4n) is 0.0373. The summed E-state index contributed by atoms with van der Waals surface area (Å²) in [5.41, 5.74) is 0. The number of rotatable bonds is 0. The molecule has 1 heterocycles. The molecule has 1 rings (SSSR count). The molecule has 0 amide bonds. The monoisotopic (exact) mass is 106 g/mol.